The molecule has 0 spiro atoms. The van der Waals surface area contributed by atoms with Gasteiger partial charge < -0.3 is 15.2 Å². The van der Waals surface area contributed by atoms with Crippen LogP contribution in [-0.2, 0) is 4.79 Å². The van der Waals surface area contributed by atoms with Gasteiger partial charge in [-0.05, 0) is 30.4 Å². The lowest BCUT2D eigenvalue weighted by molar-refractivity contribution is -0.137. The molecule has 0 aliphatic heterocycles. The number of ether oxygens (including phenoxy) is 1. The summed E-state index contributed by atoms with van der Waals surface area (Å²) < 4.78 is 5.35. The zero-order chi connectivity index (χ0) is 18.1. The number of hydrogen-bond acceptors (Lipinski definition) is 3. The Bertz CT molecular complexity index is 727. The number of carbonyl (C=O) groups is 2. The number of benzene rings is 2. The van der Waals surface area contributed by atoms with Crippen LogP contribution < -0.4 is 10.1 Å². The summed E-state index contributed by atoms with van der Waals surface area (Å²) in [4.78, 5) is 22.9. The number of carbonyl (C=O) groups excluding carboxylic acids is 1. The average Bonchev–Trinajstić information content (AvgIpc) is 2.62. The van der Waals surface area contributed by atoms with Crippen LogP contribution in [0.2, 0.25) is 0 Å². The van der Waals surface area contributed by atoms with Gasteiger partial charge in [0.2, 0.25) is 0 Å². The molecular weight excluding hydrogens is 318 g/mol. The second kappa shape index (κ2) is 9.67. The lowest BCUT2D eigenvalue weighted by Crippen LogP contribution is -2.24. The molecule has 0 bridgehead atoms. The van der Waals surface area contributed by atoms with Gasteiger partial charge in [-0.15, -0.1) is 0 Å². The van der Waals surface area contributed by atoms with Gasteiger partial charge in [0.15, 0.2) is 0 Å². The highest BCUT2D eigenvalue weighted by Crippen LogP contribution is 2.28. The first kappa shape index (κ1) is 18.8. The lowest BCUT2D eigenvalue weighted by atomic mass is 10.0. The minimum absolute atomic E-state index is 0.0790. The fourth-order valence-electron chi connectivity index (χ4n) is 2.88. The van der Waals surface area contributed by atoms with Crippen LogP contribution in [0.25, 0.3) is 10.8 Å². The minimum Gasteiger partial charge on any atom is -0.496 e. The van der Waals surface area contributed by atoms with E-state index in [-0.39, 0.29) is 12.3 Å². The van der Waals surface area contributed by atoms with Crippen molar-refractivity contribution in [2.24, 2.45) is 0 Å². The van der Waals surface area contributed by atoms with E-state index in [0.29, 0.717) is 12.1 Å². The van der Waals surface area contributed by atoms with Crippen molar-refractivity contribution in [2.45, 2.75) is 38.5 Å². The second-order valence-corrected chi connectivity index (χ2v) is 6.03. The Morgan fingerprint density at radius 3 is 2.36 bits per heavy atom. The Balaban J connectivity index is 1.82. The van der Waals surface area contributed by atoms with Crippen LogP contribution >= 0.6 is 0 Å². The number of rotatable bonds is 10. The maximum atomic E-state index is 12.5. The number of fused-ring (bicyclic) bond motifs is 1. The van der Waals surface area contributed by atoms with E-state index in [1.54, 1.807) is 13.2 Å². The highest BCUT2D eigenvalue weighted by atomic mass is 16.5. The van der Waals surface area contributed by atoms with E-state index in [1.165, 1.54) is 0 Å². The summed E-state index contributed by atoms with van der Waals surface area (Å²) in [6.45, 7) is 0.623. The van der Waals surface area contributed by atoms with E-state index in [0.717, 1.165) is 48.6 Å². The van der Waals surface area contributed by atoms with Crippen molar-refractivity contribution in [1.82, 2.24) is 5.32 Å². The highest BCUT2D eigenvalue weighted by Gasteiger charge is 2.12. The largest absolute Gasteiger partial charge is 0.496 e. The predicted molar refractivity (Wildman–Crippen MR) is 98.2 cm³/mol. The molecule has 0 aliphatic carbocycles. The molecule has 0 saturated carbocycles. The van der Waals surface area contributed by atoms with E-state index < -0.39 is 5.97 Å². The smallest absolute Gasteiger partial charge is 0.303 e. The first-order valence-electron chi connectivity index (χ1n) is 8.69. The van der Waals surface area contributed by atoms with Gasteiger partial charge in [0.1, 0.15) is 5.75 Å². The Morgan fingerprint density at radius 1 is 0.960 bits per heavy atom. The van der Waals surface area contributed by atoms with Crippen molar-refractivity contribution in [2.75, 3.05) is 13.7 Å². The fourth-order valence-corrected chi connectivity index (χ4v) is 2.88. The molecule has 0 heterocycles. The fraction of sp³-hybridized carbons (Fsp3) is 0.400. The molecule has 2 aromatic rings. The molecule has 0 aliphatic rings. The topological polar surface area (TPSA) is 75.6 Å². The number of unbranched alkanes of at least 4 members (excludes halogenated alkanes) is 4. The molecule has 0 atom stereocenters. The molecule has 25 heavy (non-hydrogen) atoms. The Hall–Kier alpha value is -2.56. The normalized spacial score (nSPS) is 10.6. The van der Waals surface area contributed by atoms with Crippen molar-refractivity contribution in [3.05, 3.63) is 42.0 Å². The molecule has 0 radical (unpaired) electrons. The molecule has 134 valence electrons. The number of hydrogen-bond donors (Lipinski definition) is 2. The summed E-state index contributed by atoms with van der Waals surface area (Å²) in [7, 11) is 1.62. The number of carboxylic acids is 1. The van der Waals surface area contributed by atoms with Crippen LogP contribution in [0.1, 0.15) is 48.9 Å². The number of carboxylic acid groups (broad SMARTS) is 1. The molecule has 0 unspecified atom stereocenters. The standard InChI is InChI=1S/C20H25NO4/c1-25-18-13-12-17(15-9-6-7-10-16(15)18)20(24)21-14-8-4-2-3-5-11-19(22)23/h6-7,9-10,12-13H,2-5,8,11,14H2,1H3,(H,21,24)(H,22,23). The Labute approximate surface area is 148 Å². The van der Waals surface area contributed by atoms with Crippen LogP contribution in [0.5, 0.6) is 5.75 Å². The van der Waals surface area contributed by atoms with Gasteiger partial charge in [0, 0.05) is 23.9 Å². The molecule has 2 N–H and O–H groups in total. The molecule has 5 nitrogen and oxygen atoms in total. The monoisotopic (exact) mass is 343 g/mol. The minimum atomic E-state index is -0.737. The van der Waals surface area contributed by atoms with Crippen molar-refractivity contribution >= 4 is 22.6 Å². The number of methoxy groups -OCH3 is 1. The summed E-state index contributed by atoms with van der Waals surface area (Å²) in [5.41, 5.74) is 0.651. The molecule has 0 saturated heterocycles. The third-order valence-electron chi connectivity index (χ3n) is 4.20. The van der Waals surface area contributed by atoms with E-state index in [2.05, 4.69) is 5.32 Å². The Kier molecular flexibility index (Phi) is 7.26. The maximum absolute atomic E-state index is 12.5. The summed E-state index contributed by atoms with van der Waals surface area (Å²) in [6, 6.07) is 11.3. The van der Waals surface area contributed by atoms with Crippen molar-refractivity contribution in [1.29, 1.82) is 0 Å². The Morgan fingerprint density at radius 2 is 1.64 bits per heavy atom. The van der Waals surface area contributed by atoms with E-state index in [1.807, 2.05) is 30.3 Å². The SMILES string of the molecule is COc1ccc(C(=O)NCCCCCCCC(=O)O)c2ccccc12. The van der Waals surface area contributed by atoms with Crippen LogP contribution in [-0.4, -0.2) is 30.6 Å². The zero-order valence-electron chi connectivity index (χ0n) is 14.6. The summed E-state index contributed by atoms with van der Waals surface area (Å²) in [5.74, 6) is -0.0581. The average molecular weight is 343 g/mol. The predicted octanol–water partition coefficient (Wildman–Crippen LogP) is 4.00. The number of aliphatic carboxylic acids is 1. The summed E-state index contributed by atoms with van der Waals surface area (Å²) in [5, 5.41) is 13.3. The molecular formula is C20H25NO4. The number of amides is 1. The third-order valence-corrected chi connectivity index (χ3v) is 4.20. The van der Waals surface area contributed by atoms with E-state index >= 15 is 0 Å². The maximum Gasteiger partial charge on any atom is 0.303 e. The molecule has 1 amide bonds. The van der Waals surface area contributed by atoms with Crippen LogP contribution in [0, 0.1) is 0 Å². The van der Waals surface area contributed by atoms with Gasteiger partial charge in [-0.1, -0.05) is 43.5 Å². The second-order valence-electron chi connectivity index (χ2n) is 6.03. The van der Waals surface area contributed by atoms with Gasteiger partial charge in [0.25, 0.3) is 5.91 Å². The van der Waals surface area contributed by atoms with Gasteiger partial charge in [0.05, 0.1) is 7.11 Å². The molecule has 2 rings (SSSR count). The van der Waals surface area contributed by atoms with Crippen molar-refractivity contribution in [3.63, 3.8) is 0 Å². The summed E-state index contributed by atoms with van der Waals surface area (Å²) >= 11 is 0. The first-order chi connectivity index (χ1) is 12.1. The van der Waals surface area contributed by atoms with Gasteiger partial charge >= 0.3 is 5.97 Å². The quantitative estimate of drug-likeness (QED) is 0.639. The third kappa shape index (κ3) is 5.48. The number of nitrogens with one attached hydrogen (secondary N) is 1. The first-order valence-corrected chi connectivity index (χ1v) is 8.69. The van der Waals surface area contributed by atoms with Crippen LogP contribution in [0.4, 0.5) is 0 Å². The molecule has 2 aromatic carbocycles. The highest BCUT2D eigenvalue weighted by molar-refractivity contribution is 6.08. The lowest BCUT2D eigenvalue weighted by Gasteiger charge is -2.11. The molecule has 0 fully saturated rings. The zero-order valence-corrected chi connectivity index (χ0v) is 14.6. The molecule has 0 aromatic heterocycles. The van der Waals surface area contributed by atoms with Gasteiger partial charge in [-0.3, -0.25) is 9.59 Å². The molecule has 5 heteroatoms. The van der Waals surface area contributed by atoms with E-state index in [9.17, 15) is 9.59 Å². The summed E-state index contributed by atoms with van der Waals surface area (Å²) in [6.07, 6.45) is 4.76. The van der Waals surface area contributed by atoms with E-state index in [4.69, 9.17) is 9.84 Å². The van der Waals surface area contributed by atoms with Gasteiger partial charge in [-0.25, -0.2) is 0 Å². The van der Waals surface area contributed by atoms with Crippen LogP contribution in [0.15, 0.2) is 36.4 Å². The van der Waals surface area contributed by atoms with Gasteiger partial charge in [-0.2, -0.15) is 0 Å². The van der Waals surface area contributed by atoms with Crippen LogP contribution in [0.3, 0.4) is 0 Å². The van der Waals surface area contributed by atoms with Crippen molar-refractivity contribution in [3.8, 4) is 5.75 Å². The van der Waals surface area contributed by atoms with Crippen molar-refractivity contribution < 1.29 is 19.4 Å².